The Hall–Kier alpha value is -1.40. The fourth-order valence-electron chi connectivity index (χ4n) is 2.45. The molecule has 1 aromatic rings. The smallest absolute Gasteiger partial charge is 0.271 e. The standard InChI is InChI=1S/C13H23N5O/c1-17-6-3-2-4-11(17)8-15-13(19)12-9-18(7-5-14)10-16-12/h9-11H,2-8,14H2,1H3,(H,15,19). The molecule has 0 saturated carbocycles. The van der Waals surface area contributed by atoms with E-state index in [1.807, 2.05) is 4.57 Å². The van der Waals surface area contributed by atoms with Gasteiger partial charge in [-0.2, -0.15) is 0 Å². The maximum atomic E-state index is 12.0. The second-order valence-corrected chi connectivity index (χ2v) is 5.13. The summed E-state index contributed by atoms with van der Waals surface area (Å²) in [5, 5.41) is 2.97. The first-order chi connectivity index (χ1) is 9.20. The van der Waals surface area contributed by atoms with Crippen LogP contribution in [0.15, 0.2) is 12.5 Å². The molecule has 1 fully saturated rings. The van der Waals surface area contributed by atoms with Gasteiger partial charge in [-0.3, -0.25) is 4.79 Å². The van der Waals surface area contributed by atoms with Crippen molar-refractivity contribution in [2.45, 2.75) is 31.8 Å². The Morgan fingerprint density at radius 2 is 2.42 bits per heavy atom. The number of amides is 1. The predicted molar refractivity (Wildman–Crippen MR) is 73.9 cm³/mol. The molecule has 2 rings (SSSR count). The molecule has 1 aromatic heterocycles. The molecular weight excluding hydrogens is 242 g/mol. The summed E-state index contributed by atoms with van der Waals surface area (Å²) < 4.78 is 1.83. The molecular formula is C13H23N5O. The highest BCUT2D eigenvalue weighted by molar-refractivity contribution is 5.92. The first kappa shape index (κ1) is 14.0. The number of nitrogens with zero attached hydrogens (tertiary/aromatic N) is 3. The average molecular weight is 265 g/mol. The van der Waals surface area contributed by atoms with Gasteiger partial charge in [-0.25, -0.2) is 4.98 Å². The van der Waals surface area contributed by atoms with E-state index in [4.69, 9.17) is 5.73 Å². The lowest BCUT2D eigenvalue weighted by molar-refractivity contribution is 0.0924. The highest BCUT2D eigenvalue weighted by atomic mass is 16.1. The summed E-state index contributed by atoms with van der Waals surface area (Å²) in [6.45, 7) is 3.04. The van der Waals surface area contributed by atoms with E-state index in [1.54, 1.807) is 12.5 Å². The van der Waals surface area contributed by atoms with Crippen molar-refractivity contribution in [3.8, 4) is 0 Å². The van der Waals surface area contributed by atoms with Gasteiger partial charge in [-0.05, 0) is 26.4 Å². The van der Waals surface area contributed by atoms with Gasteiger partial charge in [0.2, 0.25) is 0 Å². The van der Waals surface area contributed by atoms with Crippen LogP contribution in [-0.4, -0.2) is 53.1 Å². The van der Waals surface area contributed by atoms with Crippen LogP contribution in [0.5, 0.6) is 0 Å². The molecule has 0 radical (unpaired) electrons. The van der Waals surface area contributed by atoms with Crippen LogP contribution in [0.25, 0.3) is 0 Å². The molecule has 2 heterocycles. The van der Waals surface area contributed by atoms with Crippen LogP contribution < -0.4 is 11.1 Å². The van der Waals surface area contributed by atoms with Crippen molar-refractivity contribution < 1.29 is 4.79 Å². The number of piperidine rings is 1. The largest absolute Gasteiger partial charge is 0.349 e. The minimum Gasteiger partial charge on any atom is -0.349 e. The average Bonchev–Trinajstić information content (AvgIpc) is 2.87. The van der Waals surface area contributed by atoms with E-state index in [0.29, 0.717) is 31.4 Å². The molecule has 1 unspecified atom stereocenters. The third-order valence-corrected chi connectivity index (χ3v) is 3.67. The molecule has 0 spiro atoms. The van der Waals surface area contributed by atoms with Gasteiger partial charge < -0.3 is 20.5 Å². The zero-order chi connectivity index (χ0) is 13.7. The number of nitrogens with one attached hydrogen (secondary N) is 1. The highest BCUT2D eigenvalue weighted by Gasteiger charge is 2.20. The van der Waals surface area contributed by atoms with Crippen molar-refractivity contribution in [2.75, 3.05) is 26.7 Å². The molecule has 6 nitrogen and oxygen atoms in total. The SMILES string of the molecule is CN1CCCCC1CNC(=O)c1cn(CCN)cn1. The van der Waals surface area contributed by atoms with Crippen LogP contribution in [-0.2, 0) is 6.54 Å². The van der Waals surface area contributed by atoms with Crippen molar-refractivity contribution in [1.29, 1.82) is 0 Å². The second kappa shape index (κ2) is 6.68. The first-order valence-electron chi connectivity index (χ1n) is 6.91. The van der Waals surface area contributed by atoms with Crippen LogP contribution in [0.1, 0.15) is 29.8 Å². The van der Waals surface area contributed by atoms with E-state index >= 15 is 0 Å². The van der Waals surface area contributed by atoms with E-state index in [-0.39, 0.29) is 5.91 Å². The van der Waals surface area contributed by atoms with Gasteiger partial charge in [0.15, 0.2) is 0 Å². The van der Waals surface area contributed by atoms with E-state index in [2.05, 4.69) is 22.2 Å². The van der Waals surface area contributed by atoms with E-state index in [9.17, 15) is 4.79 Å². The monoisotopic (exact) mass is 265 g/mol. The van der Waals surface area contributed by atoms with Gasteiger partial charge in [-0.1, -0.05) is 6.42 Å². The third kappa shape index (κ3) is 3.78. The van der Waals surface area contributed by atoms with Crippen molar-refractivity contribution >= 4 is 5.91 Å². The van der Waals surface area contributed by atoms with Crippen molar-refractivity contribution in [2.24, 2.45) is 5.73 Å². The number of likely N-dealkylation sites (N-methyl/N-ethyl adjacent to an activating group) is 1. The Kier molecular flexibility index (Phi) is 4.93. The predicted octanol–water partition coefficient (Wildman–Crippen LogP) is 0.0559. The molecule has 106 valence electrons. The lowest BCUT2D eigenvalue weighted by Crippen LogP contribution is -2.44. The lowest BCUT2D eigenvalue weighted by Gasteiger charge is -2.32. The van der Waals surface area contributed by atoms with Crippen LogP contribution in [0, 0.1) is 0 Å². The van der Waals surface area contributed by atoms with Crippen LogP contribution >= 0.6 is 0 Å². The maximum absolute atomic E-state index is 12.0. The van der Waals surface area contributed by atoms with Gasteiger partial charge in [0.1, 0.15) is 5.69 Å². The fraction of sp³-hybridized carbons (Fsp3) is 0.692. The number of carbonyl (C=O) groups is 1. The Morgan fingerprint density at radius 1 is 1.58 bits per heavy atom. The number of hydrogen-bond donors (Lipinski definition) is 2. The van der Waals surface area contributed by atoms with Gasteiger partial charge in [0.25, 0.3) is 5.91 Å². The Labute approximate surface area is 114 Å². The normalized spacial score (nSPS) is 20.4. The van der Waals surface area contributed by atoms with Gasteiger partial charge in [0.05, 0.1) is 6.33 Å². The summed E-state index contributed by atoms with van der Waals surface area (Å²) in [5.41, 5.74) is 5.93. The van der Waals surface area contributed by atoms with Gasteiger partial charge >= 0.3 is 0 Å². The molecule has 6 heteroatoms. The Morgan fingerprint density at radius 3 is 3.16 bits per heavy atom. The number of likely N-dealkylation sites (tertiary alicyclic amines) is 1. The number of carbonyl (C=O) groups excluding carboxylic acids is 1. The zero-order valence-corrected chi connectivity index (χ0v) is 11.5. The molecule has 19 heavy (non-hydrogen) atoms. The first-order valence-corrected chi connectivity index (χ1v) is 6.91. The lowest BCUT2D eigenvalue weighted by atomic mass is 10.0. The summed E-state index contributed by atoms with van der Waals surface area (Å²) in [4.78, 5) is 18.4. The van der Waals surface area contributed by atoms with Crippen LogP contribution in [0.4, 0.5) is 0 Å². The molecule has 1 saturated heterocycles. The van der Waals surface area contributed by atoms with Crippen molar-refractivity contribution in [3.05, 3.63) is 18.2 Å². The van der Waals surface area contributed by atoms with Crippen LogP contribution in [0.3, 0.4) is 0 Å². The number of aromatic nitrogens is 2. The summed E-state index contributed by atoms with van der Waals surface area (Å²) in [6, 6.07) is 0.448. The van der Waals surface area contributed by atoms with Crippen molar-refractivity contribution in [1.82, 2.24) is 19.8 Å². The van der Waals surface area contributed by atoms with Crippen LogP contribution in [0.2, 0.25) is 0 Å². The van der Waals surface area contributed by atoms with Crippen molar-refractivity contribution in [3.63, 3.8) is 0 Å². The summed E-state index contributed by atoms with van der Waals surface area (Å²) in [6.07, 6.45) is 7.04. The number of imidazole rings is 1. The van der Waals surface area contributed by atoms with E-state index in [1.165, 1.54) is 12.8 Å². The third-order valence-electron chi connectivity index (χ3n) is 3.67. The molecule has 0 aliphatic carbocycles. The fourth-order valence-corrected chi connectivity index (χ4v) is 2.45. The molecule has 3 N–H and O–H groups in total. The minimum atomic E-state index is -0.102. The van der Waals surface area contributed by atoms with E-state index in [0.717, 1.165) is 13.0 Å². The number of hydrogen-bond acceptors (Lipinski definition) is 4. The van der Waals surface area contributed by atoms with Gasteiger partial charge in [-0.15, -0.1) is 0 Å². The maximum Gasteiger partial charge on any atom is 0.271 e. The summed E-state index contributed by atoms with van der Waals surface area (Å²) in [5.74, 6) is -0.102. The minimum absolute atomic E-state index is 0.102. The quantitative estimate of drug-likeness (QED) is 0.789. The van der Waals surface area contributed by atoms with E-state index < -0.39 is 0 Å². The zero-order valence-electron chi connectivity index (χ0n) is 11.5. The summed E-state index contributed by atoms with van der Waals surface area (Å²) in [7, 11) is 2.12. The molecule has 1 aliphatic heterocycles. The molecule has 1 atom stereocenters. The number of nitrogens with two attached hydrogens (primary N) is 1. The topological polar surface area (TPSA) is 76.2 Å². The molecule has 0 aromatic carbocycles. The molecule has 1 amide bonds. The summed E-state index contributed by atoms with van der Waals surface area (Å²) >= 11 is 0. The molecule has 1 aliphatic rings. The second-order valence-electron chi connectivity index (χ2n) is 5.13. The Bertz CT molecular complexity index is 417. The highest BCUT2D eigenvalue weighted by Crippen LogP contribution is 2.14. The Balaban J connectivity index is 1.82. The number of rotatable bonds is 5. The van der Waals surface area contributed by atoms with Gasteiger partial charge in [0, 0.05) is 31.9 Å². The molecule has 0 bridgehead atoms.